The van der Waals surface area contributed by atoms with Crippen LogP contribution in [0.25, 0.3) is 0 Å². The lowest BCUT2D eigenvalue weighted by Gasteiger charge is -2.18. The highest BCUT2D eigenvalue weighted by Crippen LogP contribution is 2.21. The van der Waals surface area contributed by atoms with Crippen LogP contribution in [0.2, 0.25) is 0 Å². The fourth-order valence-electron chi connectivity index (χ4n) is 1.96. The molecule has 0 saturated carbocycles. The van der Waals surface area contributed by atoms with E-state index in [1.165, 1.54) is 11.8 Å². The first-order valence-corrected chi connectivity index (χ1v) is 8.53. The van der Waals surface area contributed by atoms with E-state index in [-0.39, 0.29) is 11.5 Å². The monoisotopic (exact) mass is 347 g/mol. The van der Waals surface area contributed by atoms with E-state index >= 15 is 0 Å². The number of hydrazone groups is 1. The fraction of sp³-hybridized carbons (Fsp3) is 0.526. The lowest BCUT2D eigenvalue weighted by molar-refractivity contribution is -0.139. The Bertz CT molecular complexity index is 587. The molecule has 0 bridgehead atoms. The molecule has 0 aromatic heterocycles. The van der Waals surface area contributed by atoms with Crippen LogP contribution >= 0.6 is 0 Å². The Balaban J connectivity index is 2.35. The SMILES string of the molecule is CC(C)OCCCNC(=O)C(=O)N/N=C\c1ccc(C(C)(C)C)cc1. The van der Waals surface area contributed by atoms with Gasteiger partial charge in [0, 0.05) is 13.2 Å². The van der Waals surface area contributed by atoms with E-state index in [2.05, 4.69) is 36.6 Å². The van der Waals surface area contributed by atoms with Crippen LogP contribution in [0.1, 0.15) is 52.2 Å². The largest absolute Gasteiger partial charge is 0.379 e. The molecule has 0 radical (unpaired) electrons. The summed E-state index contributed by atoms with van der Waals surface area (Å²) in [6, 6.07) is 7.89. The van der Waals surface area contributed by atoms with Crippen molar-refractivity contribution in [2.75, 3.05) is 13.2 Å². The van der Waals surface area contributed by atoms with E-state index in [9.17, 15) is 9.59 Å². The van der Waals surface area contributed by atoms with Crippen molar-refractivity contribution in [2.24, 2.45) is 5.10 Å². The Kier molecular flexibility index (Phi) is 8.28. The van der Waals surface area contributed by atoms with Gasteiger partial charge in [0.05, 0.1) is 12.3 Å². The van der Waals surface area contributed by atoms with Gasteiger partial charge in [0.2, 0.25) is 0 Å². The topological polar surface area (TPSA) is 79.8 Å². The highest BCUT2D eigenvalue weighted by molar-refractivity contribution is 6.35. The molecule has 2 N–H and O–H groups in total. The summed E-state index contributed by atoms with van der Waals surface area (Å²) in [5.74, 6) is -1.49. The summed E-state index contributed by atoms with van der Waals surface area (Å²) in [5.41, 5.74) is 4.37. The maximum absolute atomic E-state index is 11.6. The molecule has 0 spiro atoms. The second-order valence-electron chi connectivity index (χ2n) is 7.10. The first-order valence-electron chi connectivity index (χ1n) is 8.53. The Morgan fingerprint density at radius 1 is 1.16 bits per heavy atom. The summed E-state index contributed by atoms with van der Waals surface area (Å²) < 4.78 is 5.35. The number of rotatable bonds is 7. The van der Waals surface area contributed by atoms with Crippen molar-refractivity contribution in [1.29, 1.82) is 0 Å². The van der Waals surface area contributed by atoms with Crippen LogP contribution in [-0.4, -0.2) is 37.3 Å². The molecule has 6 nitrogen and oxygen atoms in total. The predicted octanol–water partition coefficient (Wildman–Crippen LogP) is 2.37. The Morgan fingerprint density at radius 3 is 2.36 bits per heavy atom. The lowest BCUT2D eigenvalue weighted by Crippen LogP contribution is -2.38. The highest BCUT2D eigenvalue weighted by Gasteiger charge is 2.13. The maximum atomic E-state index is 11.6. The molecule has 25 heavy (non-hydrogen) atoms. The number of carbonyl (C=O) groups excluding carboxylic acids is 2. The van der Waals surface area contributed by atoms with Gasteiger partial charge >= 0.3 is 11.8 Å². The molecule has 2 amide bonds. The van der Waals surface area contributed by atoms with E-state index in [4.69, 9.17) is 4.74 Å². The molecule has 0 aliphatic carbocycles. The third-order valence-electron chi connectivity index (χ3n) is 3.42. The van der Waals surface area contributed by atoms with Gasteiger partial charge in [0.25, 0.3) is 0 Å². The minimum atomic E-state index is -0.785. The summed E-state index contributed by atoms with van der Waals surface area (Å²) in [7, 11) is 0. The van der Waals surface area contributed by atoms with Crippen molar-refractivity contribution in [3.05, 3.63) is 35.4 Å². The molecule has 0 saturated heterocycles. The number of hydrogen-bond acceptors (Lipinski definition) is 4. The van der Waals surface area contributed by atoms with Gasteiger partial charge in [-0.1, -0.05) is 45.0 Å². The average molecular weight is 347 g/mol. The minimum absolute atomic E-state index is 0.0855. The zero-order valence-corrected chi connectivity index (χ0v) is 15.8. The minimum Gasteiger partial charge on any atom is -0.379 e. The molecule has 0 aliphatic heterocycles. The molecular formula is C19H29N3O3. The predicted molar refractivity (Wildman–Crippen MR) is 99.6 cm³/mol. The molecular weight excluding hydrogens is 318 g/mol. The van der Waals surface area contributed by atoms with E-state index < -0.39 is 11.8 Å². The van der Waals surface area contributed by atoms with Crippen LogP contribution < -0.4 is 10.7 Å². The van der Waals surface area contributed by atoms with Gasteiger partial charge in [-0.3, -0.25) is 9.59 Å². The number of amides is 2. The molecule has 0 atom stereocenters. The number of ether oxygens (including phenoxy) is 1. The smallest absolute Gasteiger partial charge is 0.329 e. The normalized spacial score (nSPS) is 11.8. The first kappa shape index (κ1) is 20.8. The van der Waals surface area contributed by atoms with Crippen molar-refractivity contribution < 1.29 is 14.3 Å². The zero-order valence-electron chi connectivity index (χ0n) is 15.8. The summed E-state index contributed by atoms with van der Waals surface area (Å²) >= 11 is 0. The van der Waals surface area contributed by atoms with Crippen LogP contribution in [-0.2, 0) is 19.7 Å². The Morgan fingerprint density at radius 2 is 1.80 bits per heavy atom. The second-order valence-corrected chi connectivity index (χ2v) is 7.10. The number of hydrogen-bond donors (Lipinski definition) is 2. The Hall–Kier alpha value is -2.21. The number of nitrogens with one attached hydrogen (secondary N) is 2. The van der Waals surface area contributed by atoms with Crippen LogP contribution in [0.15, 0.2) is 29.4 Å². The van der Waals surface area contributed by atoms with Gasteiger partial charge in [-0.15, -0.1) is 0 Å². The van der Waals surface area contributed by atoms with E-state index in [0.717, 1.165) is 5.56 Å². The van der Waals surface area contributed by atoms with Crippen LogP contribution in [0.4, 0.5) is 0 Å². The van der Waals surface area contributed by atoms with E-state index in [1.807, 2.05) is 38.1 Å². The molecule has 0 heterocycles. The molecule has 6 heteroatoms. The van der Waals surface area contributed by atoms with Crippen molar-refractivity contribution in [3.8, 4) is 0 Å². The van der Waals surface area contributed by atoms with Crippen LogP contribution in [0.5, 0.6) is 0 Å². The van der Waals surface area contributed by atoms with Gasteiger partial charge < -0.3 is 10.1 Å². The van der Waals surface area contributed by atoms with Crippen LogP contribution in [0.3, 0.4) is 0 Å². The summed E-state index contributed by atoms with van der Waals surface area (Å²) in [4.78, 5) is 23.2. The fourth-order valence-corrected chi connectivity index (χ4v) is 1.96. The number of benzene rings is 1. The van der Waals surface area contributed by atoms with Gasteiger partial charge in [-0.2, -0.15) is 5.10 Å². The number of nitrogens with zero attached hydrogens (tertiary/aromatic N) is 1. The zero-order chi connectivity index (χ0) is 18.9. The van der Waals surface area contributed by atoms with Crippen molar-refractivity contribution in [2.45, 2.75) is 52.6 Å². The van der Waals surface area contributed by atoms with E-state index in [0.29, 0.717) is 19.6 Å². The Labute approximate surface area is 150 Å². The lowest BCUT2D eigenvalue weighted by atomic mass is 9.87. The molecule has 1 aromatic carbocycles. The average Bonchev–Trinajstić information content (AvgIpc) is 2.53. The third kappa shape index (κ3) is 8.44. The van der Waals surface area contributed by atoms with Crippen LogP contribution in [0, 0.1) is 0 Å². The second kappa shape index (κ2) is 9.93. The highest BCUT2D eigenvalue weighted by atomic mass is 16.5. The maximum Gasteiger partial charge on any atom is 0.329 e. The van der Waals surface area contributed by atoms with Crippen molar-refractivity contribution in [3.63, 3.8) is 0 Å². The van der Waals surface area contributed by atoms with Crippen molar-refractivity contribution in [1.82, 2.24) is 10.7 Å². The summed E-state index contributed by atoms with van der Waals surface area (Å²) in [5, 5.41) is 6.34. The quantitative estimate of drug-likeness (QED) is 0.344. The van der Waals surface area contributed by atoms with Crippen molar-refractivity contribution >= 4 is 18.0 Å². The molecule has 1 rings (SSSR count). The van der Waals surface area contributed by atoms with Gasteiger partial charge in [-0.25, -0.2) is 5.43 Å². The molecule has 0 aliphatic rings. The number of carbonyl (C=O) groups is 2. The third-order valence-corrected chi connectivity index (χ3v) is 3.42. The molecule has 0 fully saturated rings. The van der Waals surface area contributed by atoms with Gasteiger partial charge in [0.1, 0.15) is 0 Å². The first-order chi connectivity index (χ1) is 11.7. The van der Waals surface area contributed by atoms with Gasteiger partial charge in [-0.05, 0) is 36.8 Å². The summed E-state index contributed by atoms with van der Waals surface area (Å²) in [6.45, 7) is 11.2. The molecule has 138 valence electrons. The standard InChI is InChI=1S/C19H29N3O3/c1-14(2)25-12-6-11-20-17(23)18(24)22-21-13-15-7-9-16(10-8-15)19(3,4)5/h7-10,13-14H,6,11-12H2,1-5H3,(H,20,23)(H,22,24)/b21-13-. The van der Waals surface area contributed by atoms with E-state index in [1.54, 1.807) is 0 Å². The molecule has 1 aromatic rings. The molecule has 0 unspecified atom stereocenters. The van der Waals surface area contributed by atoms with Gasteiger partial charge in [0.15, 0.2) is 0 Å². The summed E-state index contributed by atoms with van der Waals surface area (Å²) in [6.07, 6.45) is 2.32.